The van der Waals surface area contributed by atoms with Gasteiger partial charge in [-0.25, -0.2) is 0 Å². The van der Waals surface area contributed by atoms with Crippen LogP contribution in [0.25, 0.3) is 0 Å². The summed E-state index contributed by atoms with van der Waals surface area (Å²) in [5.74, 6) is -2.94. The van der Waals surface area contributed by atoms with Gasteiger partial charge in [0.15, 0.2) is 0 Å². The number of hydrogen-bond acceptors (Lipinski definition) is 8. The molecule has 0 heterocycles. The van der Waals surface area contributed by atoms with Gasteiger partial charge >= 0.3 is 34.7 Å². The predicted octanol–water partition coefficient (Wildman–Crippen LogP) is -1.80. The van der Waals surface area contributed by atoms with Crippen molar-refractivity contribution in [3.05, 3.63) is 0 Å². The Kier molecular flexibility index (Phi) is 11.7. The molecule has 184 valence electrons. The standard InChI is InChI=1S/C12H28N3O13P3/c1-9(13(5-11(16)17)7-30(23,24)25)15(3-4-29(20,21)22)10(2)14(6-12(18)19)8-31(26,27)28/h9-10H,3-8H2,1-2H3,(H,16,17)(H,18,19)(H2,20,21,22)(H2,23,24,25)(H2,26,27,28). The quantitative estimate of drug-likeness (QED) is 0.0884. The van der Waals surface area contributed by atoms with Gasteiger partial charge in [-0.3, -0.25) is 38.0 Å². The molecule has 8 N–H and O–H groups in total. The maximum atomic E-state index is 11.4. The summed E-state index contributed by atoms with van der Waals surface area (Å²) in [7, 11) is -14.2. The minimum atomic E-state index is -4.78. The average Bonchev–Trinajstić information content (AvgIpc) is 2.48. The lowest BCUT2D eigenvalue weighted by molar-refractivity contribution is -0.141. The Morgan fingerprint density at radius 1 is 0.710 bits per heavy atom. The van der Waals surface area contributed by atoms with Crippen LogP contribution in [0.2, 0.25) is 0 Å². The Balaban J connectivity index is 6.12. The average molecular weight is 515 g/mol. The van der Waals surface area contributed by atoms with Gasteiger partial charge in [0.25, 0.3) is 0 Å². The van der Waals surface area contributed by atoms with Crippen molar-refractivity contribution >= 4 is 34.7 Å². The van der Waals surface area contributed by atoms with E-state index >= 15 is 0 Å². The second-order valence-corrected chi connectivity index (χ2v) is 11.8. The summed E-state index contributed by atoms with van der Waals surface area (Å²) in [5, 5.41) is 18.1. The molecule has 19 heteroatoms. The van der Waals surface area contributed by atoms with Crippen molar-refractivity contribution in [2.45, 2.75) is 26.2 Å². The predicted molar refractivity (Wildman–Crippen MR) is 105 cm³/mol. The van der Waals surface area contributed by atoms with E-state index in [9.17, 15) is 52.6 Å². The number of carboxylic acid groups (broad SMARTS) is 2. The first-order chi connectivity index (χ1) is 13.7. The number of carbonyl (C=O) groups is 2. The normalized spacial score (nSPS) is 15.5. The Morgan fingerprint density at radius 3 is 1.26 bits per heavy atom. The summed E-state index contributed by atoms with van der Waals surface area (Å²) in [6.07, 6.45) is -5.36. The zero-order valence-corrected chi connectivity index (χ0v) is 19.4. The lowest BCUT2D eigenvalue weighted by atomic mass is 10.3. The first-order valence-corrected chi connectivity index (χ1v) is 13.9. The molecule has 31 heavy (non-hydrogen) atoms. The number of nitrogens with zero attached hydrogens (tertiary/aromatic N) is 3. The van der Waals surface area contributed by atoms with Gasteiger partial charge in [0, 0.05) is 6.54 Å². The minimum absolute atomic E-state index is 0.513. The van der Waals surface area contributed by atoms with E-state index in [-0.39, 0.29) is 0 Å². The second kappa shape index (κ2) is 11.9. The third-order valence-electron chi connectivity index (χ3n) is 4.07. The first kappa shape index (κ1) is 30.3. The fourth-order valence-electron chi connectivity index (χ4n) is 2.77. The fraction of sp³-hybridized carbons (Fsp3) is 0.833. The van der Waals surface area contributed by atoms with Crippen LogP contribution in [0.3, 0.4) is 0 Å². The highest BCUT2D eigenvalue weighted by Gasteiger charge is 2.36. The molecule has 0 saturated carbocycles. The minimum Gasteiger partial charge on any atom is -0.480 e. The van der Waals surface area contributed by atoms with Gasteiger partial charge in [-0.1, -0.05) is 0 Å². The molecule has 0 saturated heterocycles. The van der Waals surface area contributed by atoms with Crippen LogP contribution in [-0.2, 0) is 23.3 Å². The molecule has 0 aliphatic rings. The molecule has 16 nitrogen and oxygen atoms in total. The van der Waals surface area contributed by atoms with Gasteiger partial charge in [0.1, 0.15) is 12.6 Å². The summed E-state index contributed by atoms with van der Waals surface area (Å²) < 4.78 is 34.2. The SMILES string of the molecule is CC(N(CC(=O)O)CP(=O)(O)O)N(CCP(=O)(O)O)C(C)N(CC(=O)O)CP(=O)(O)O. The van der Waals surface area contributed by atoms with Crippen molar-refractivity contribution in [3.63, 3.8) is 0 Å². The van der Waals surface area contributed by atoms with E-state index in [2.05, 4.69) is 0 Å². The molecule has 0 aromatic carbocycles. The highest BCUT2D eigenvalue weighted by molar-refractivity contribution is 7.52. The molecule has 2 atom stereocenters. The van der Waals surface area contributed by atoms with Crippen LogP contribution >= 0.6 is 22.8 Å². The first-order valence-electron chi connectivity index (χ1n) is 8.53. The van der Waals surface area contributed by atoms with E-state index in [0.29, 0.717) is 0 Å². The summed E-state index contributed by atoms with van der Waals surface area (Å²) in [6, 6.07) is 0. The Hall–Kier alpha value is -0.730. The van der Waals surface area contributed by atoms with E-state index in [1.54, 1.807) is 0 Å². The third-order valence-corrected chi connectivity index (χ3v) is 6.32. The van der Waals surface area contributed by atoms with Crippen LogP contribution in [0.15, 0.2) is 0 Å². The van der Waals surface area contributed by atoms with Crippen LogP contribution in [-0.4, -0.2) is 117 Å². The van der Waals surface area contributed by atoms with E-state index in [0.717, 1.165) is 14.7 Å². The van der Waals surface area contributed by atoms with Gasteiger partial charge in [-0.05, 0) is 13.8 Å². The van der Waals surface area contributed by atoms with Crippen molar-refractivity contribution in [1.29, 1.82) is 0 Å². The van der Waals surface area contributed by atoms with Crippen molar-refractivity contribution in [2.24, 2.45) is 0 Å². The zero-order chi connectivity index (χ0) is 24.8. The molecule has 2 unspecified atom stereocenters. The van der Waals surface area contributed by atoms with Gasteiger partial charge in [0.05, 0.1) is 31.6 Å². The smallest absolute Gasteiger partial charge is 0.339 e. The van der Waals surface area contributed by atoms with Crippen LogP contribution in [0.1, 0.15) is 13.8 Å². The Labute approximate surface area is 177 Å². The zero-order valence-electron chi connectivity index (χ0n) is 16.7. The number of aliphatic carboxylic acids is 2. The van der Waals surface area contributed by atoms with Gasteiger partial charge in [-0.2, -0.15) is 0 Å². The lowest BCUT2D eigenvalue weighted by Gasteiger charge is -2.44. The molecular formula is C12H28N3O13P3. The molecule has 0 amide bonds. The van der Waals surface area contributed by atoms with Crippen LogP contribution in [0, 0.1) is 0 Å². The molecule has 0 aromatic heterocycles. The molecule has 0 spiro atoms. The van der Waals surface area contributed by atoms with Gasteiger partial charge < -0.3 is 39.6 Å². The lowest BCUT2D eigenvalue weighted by Crippen LogP contribution is -2.58. The molecule has 0 rings (SSSR count). The highest BCUT2D eigenvalue weighted by Crippen LogP contribution is 2.39. The monoisotopic (exact) mass is 515 g/mol. The van der Waals surface area contributed by atoms with E-state index in [4.69, 9.17) is 10.2 Å². The van der Waals surface area contributed by atoms with E-state index in [1.807, 2.05) is 0 Å². The largest absolute Gasteiger partial charge is 0.480 e. The Bertz CT molecular complexity index is 712. The maximum Gasteiger partial charge on any atom is 0.339 e. The van der Waals surface area contributed by atoms with Crippen molar-refractivity contribution in [2.75, 3.05) is 38.4 Å². The summed E-state index contributed by atoms with van der Waals surface area (Å²) >= 11 is 0. The highest BCUT2D eigenvalue weighted by atomic mass is 31.2. The molecule has 0 bridgehead atoms. The Morgan fingerprint density at radius 2 is 1.03 bits per heavy atom. The van der Waals surface area contributed by atoms with Crippen LogP contribution in [0.4, 0.5) is 0 Å². The molecule has 0 aliphatic heterocycles. The van der Waals surface area contributed by atoms with Gasteiger partial charge in [-0.15, -0.1) is 0 Å². The van der Waals surface area contributed by atoms with Crippen molar-refractivity contribution < 1.29 is 62.9 Å². The van der Waals surface area contributed by atoms with Crippen LogP contribution < -0.4 is 0 Å². The topological polar surface area (TPSA) is 257 Å². The number of hydrogen-bond donors (Lipinski definition) is 8. The molecule has 0 radical (unpaired) electrons. The van der Waals surface area contributed by atoms with Crippen LogP contribution in [0.5, 0.6) is 0 Å². The van der Waals surface area contributed by atoms with Crippen molar-refractivity contribution in [1.82, 2.24) is 14.7 Å². The number of rotatable bonds is 15. The van der Waals surface area contributed by atoms with Gasteiger partial charge in [0.2, 0.25) is 0 Å². The summed E-state index contributed by atoms with van der Waals surface area (Å²) in [6.45, 7) is 0.225. The molecular weight excluding hydrogens is 487 g/mol. The molecule has 0 fully saturated rings. The van der Waals surface area contributed by atoms with E-state index in [1.165, 1.54) is 13.8 Å². The number of carboxylic acids is 2. The maximum absolute atomic E-state index is 11.4. The fourth-order valence-corrected chi connectivity index (χ4v) is 4.88. The summed E-state index contributed by atoms with van der Waals surface area (Å²) in [4.78, 5) is 80.4. The molecule has 0 aliphatic carbocycles. The third kappa shape index (κ3) is 14.1. The second-order valence-electron chi connectivity index (χ2n) is 6.78. The summed E-state index contributed by atoms with van der Waals surface area (Å²) in [5.41, 5.74) is 0. The van der Waals surface area contributed by atoms with Crippen molar-refractivity contribution in [3.8, 4) is 0 Å². The van der Waals surface area contributed by atoms with E-state index < -0.39 is 85.4 Å². The molecule has 0 aromatic rings.